The number of nitrogens with one attached hydrogen (secondary N) is 2. The number of ether oxygens (including phenoxy) is 2. The molecule has 0 aliphatic carbocycles. The molecule has 1 heterocycles. The Kier molecular flexibility index (Phi) is 8.51. The number of aryl methyl sites for hydroxylation is 1. The van der Waals surface area contributed by atoms with Gasteiger partial charge in [0, 0.05) is 40.8 Å². The molecule has 1 aromatic heterocycles. The van der Waals surface area contributed by atoms with E-state index in [-0.39, 0.29) is 22.7 Å². The number of nitrogens with zero attached hydrogens (tertiary/aromatic N) is 2. The quantitative estimate of drug-likeness (QED) is 0.187. The van der Waals surface area contributed by atoms with Crippen LogP contribution >= 0.6 is 0 Å². The number of anilines is 2. The average Bonchev–Trinajstić information content (AvgIpc) is 3.34. The molecule has 0 fully saturated rings. The lowest BCUT2D eigenvalue weighted by atomic mass is 10.0. The van der Waals surface area contributed by atoms with Crippen LogP contribution in [0.15, 0.2) is 73.1 Å². The van der Waals surface area contributed by atoms with Gasteiger partial charge in [-0.2, -0.15) is 0 Å². The molecule has 0 aliphatic rings. The molecule has 0 spiro atoms. The maximum absolute atomic E-state index is 14.7. The average molecular weight is 559 g/mol. The summed E-state index contributed by atoms with van der Waals surface area (Å²) in [6.07, 6.45) is 2.20. The number of rotatable bonds is 8. The summed E-state index contributed by atoms with van der Waals surface area (Å²) >= 11 is 0. The zero-order valence-corrected chi connectivity index (χ0v) is 23.4. The standard InChI is InChI=1S/C31H31FN4O5/c1-19-33-13-14-36(19)21-10-8-9-20(15-21)27(37)18-29(38)34-25-16-23(22-11-6-7-12-24(22)32)28(40-5)17-26(25)35-30(39)41-31(2,3)4/h6-17H,18H2,1-5H3,(H,34,38)(H,35,39). The first kappa shape index (κ1) is 29.0. The van der Waals surface area contributed by atoms with Crippen LogP contribution in [0, 0.1) is 12.7 Å². The van der Waals surface area contributed by atoms with Crippen LogP contribution in [0.25, 0.3) is 16.8 Å². The smallest absolute Gasteiger partial charge is 0.412 e. The normalized spacial score (nSPS) is 11.1. The summed E-state index contributed by atoms with van der Waals surface area (Å²) in [7, 11) is 1.41. The monoisotopic (exact) mass is 558 g/mol. The van der Waals surface area contributed by atoms with E-state index in [1.165, 1.54) is 25.3 Å². The van der Waals surface area contributed by atoms with Gasteiger partial charge in [-0.15, -0.1) is 0 Å². The van der Waals surface area contributed by atoms with Crippen LogP contribution in [-0.2, 0) is 9.53 Å². The van der Waals surface area contributed by atoms with Crippen LogP contribution in [0.3, 0.4) is 0 Å². The zero-order chi connectivity index (χ0) is 29.7. The highest BCUT2D eigenvalue weighted by molar-refractivity contribution is 6.12. The van der Waals surface area contributed by atoms with Gasteiger partial charge in [0.25, 0.3) is 0 Å². The number of hydrogen-bond acceptors (Lipinski definition) is 6. The van der Waals surface area contributed by atoms with E-state index in [0.29, 0.717) is 11.1 Å². The van der Waals surface area contributed by atoms with Crippen molar-refractivity contribution in [3.63, 3.8) is 0 Å². The second-order valence-corrected chi connectivity index (χ2v) is 10.2. The molecule has 2 amide bonds. The van der Waals surface area contributed by atoms with E-state index in [1.54, 1.807) is 69.6 Å². The van der Waals surface area contributed by atoms with Crippen molar-refractivity contribution in [3.8, 4) is 22.6 Å². The van der Waals surface area contributed by atoms with Crippen LogP contribution in [0.1, 0.15) is 43.4 Å². The van der Waals surface area contributed by atoms with E-state index < -0.39 is 35.6 Å². The number of benzene rings is 3. The first-order valence-electron chi connectivity index (χ1n) is 12.9. The molecular weight excluding hydrogens is 527 g/mol. The Bertz CT molecular complexity index is 1610. The lowest BCUT2D eigenvalue weighted by molar-refractivity contribution is -0.115. The van der Waals surface area contributed by atoms with Gasteiger partial charge in [-0.3, -0.25) is 14.9 Å². The molecule has 0 saturated heterocycles. The van der Waals surface area contributed by atoms with Gasteiger partial charge in [-0.25, -0.2) is 14.2 Å². The minimum absolute atomic E-state index is 0.135. The van der Waals surface area contributed by atoms with Gasteiger partial charge in [0.15, 0.2) is 5.78 Å². The molecule has 4 rings (SSSR count). The molecule has 0 saturated carbocycles. The Hall–Kier alpha value is -4.99. The number of carbonyl (C=O) groups is 3. The van der Waals surface area contributed by atoms with Crippen molar-refractivity contribution >= 4 is 29.2 Å². The van der Waals surface area contributed by atoms with Gasteiger partial charge < -0.3 is 19.4 Å². The van der Waals surface area contributed by atoms with E-state index in [1.807, 2.05) is 17.6 Å². The number of aromatic nitrogens is 2. The zero-order valence-electron chi connectivity index (χ0n) is 23.4. The van der Waals surface area contributed by atoms with Crippen molar-refractivity contribution in [1.82, 2.24) is 9.55 Å². The summed E-state index contributed by atoms with van der Waals surface area (Å²) in [6, 6.07) is 15.9. The van der Waals surface area contributed by atoms with Crippen LogP contribution in [-0.4, -0.2) is 40.0 Å². The minimum atomic E-state index is -0.777. The summed E-state index contributed by atoms with van der Waals surface area (Å²) in [4.78, 5) is 42.9. The molecule has 0 unspecified atom stereocenters. The molecule has 0 bridgehead atoms. The fraction of sp³-hybridized carbons (Fsp3) is 0.226. The molecule has 9 nitrogen and oxygen atoms in total. The lowest BCUT2D eigenvalue weighted by Gasteiger charge is -2.21. The number of hydrogen-bond donors (Lipinski definition) is 2. The van der Waals surface area contributed by atoms with Gasteiger partial charge in [-0.1, -0.05) is 30.3 Å². The summed E-state index contributed by atoms with van der Waals surface area (Å²) < 4.78 is 27.4. The second kappa shape index (κ2) is 12.0. The third-order valence-electron chi connectivity index (χ3n) is 6.01. The predicted molar refractivity (Wildman–Crippen MR) is 154 cm³/mol. The van der Waals surface area contributed by atoms with Crippen LogP contribution in [0.4, 0.5) is 20.6 Å². The minimum Gasteiger partial charge on any atom is -0.496 e. The Balaban J connectivity index is 1.63. The molecule has 3 aromatic carbocycles. The molecule has 10 heteroatoms. The SMILES string of the molecule is COc1cc(NC(=O)OC(C)(C)C)c(NC(=O)CC(=O)c2cccc(-n3ccnc3C)c2)cc1-c1ccccc1F. The summed E-state index contributed by atoms with van der Waals surface area (Å²) in [5.74, 6) is -0.536. The Labute approximate surface area is 237 Å². The van der Waals surface area contributed by atoms with E-state index in [2.05, 4.69) is 15.6 Å². The van der Waals surface area contributed by atoms with Crippen molar-refractivity contribution in [1.29, 1.82) is 0 Å². The van der Waals surface area contributed by atoms with Gasteiger partial charge in [-0.05, 0) is 52.0 Å². The number of methoxy groups -OCH3 is 1. The first-order chi connectivity index (χ1) is 19.4. The molecule has 0 radical (unpaired) electrons. The molecular formula is C31H31FN4O5. The summed E-state index contributed by atoms with van der Waals surface area (Å²) in [5.41, 5.74) is 1.15. The van der Waals surface area contributed by atoms with Crippen molar-refractivity contribution in [2.24, 2.45) is 0 Å². The second-order valence-electron chi connectivity index (χ2n) is 10.2. The molecule has 4 aromatic rings. The van der Waals surface area contributed by atoms with Gasteiger partial charge in [0.1, 0.15) is 23.0 Å². The van der Waals surface area contributed by atoms with Crippen molar-refractivity contribution in [2.45, 2.75) is 39.7 Å². The van der Waals surface area contributed by atoms with Crippen LogP contribution in [0.5, 0.6) is 5.75 Å². The van der Waals surface area contributed by atoms with Crippen LogP contribution in [0.2, 0.25) is 0 Å². The van der Waals surface area contributed by atoms with E-state index in [4.69, 9.17) is 9.47 Å². The maximum atomic E-state index is 14.7. The topological polar surface area (TPSA) is 112 Å². The number of amides is 2. The largest absolute Gasteiger partial charge is 0.496 e. The van der Waals surface area contributed by atoms with Gasteiger partial charge in [0.05, 0.1) is 24.9 Å². The molecule has 212 valence electrons. The van der Waals surface area contributed by atoms with Crippen LogP contribution < -0.4 is 15.4 Å². The summed E-state index contributed by atoms with van der Waals surface area (Å²) in [6.45, 7) is 6.98. The van der Waals surface area contributed by atoms with E-state index in [9.17, 15) is 18.8 Å². The predicted octanol–water partition coefficient (Wildman–Crippen LogP) is 6.55. The Morgan fingerprint density at radius 2 is 1.68 bits per heavy atom. The van der Waals surface area contributed by atoms with Crippen molar-refractivity contribution in [3.05, 3.63) is 90.3 Å². The third kappa shape index (κ3) is 7.16. The molecule has 2 N–H and O–H groups in total. The summed E-state index contributed by atoms with van der Waals surface area (Å²) in [5, 5.41) is 5.30. The van der Waals surface area contributed by atoms with Crippen molar-refractivity contribution < 1.29 is 28.2 Å². The lowest BCUT2D eigenvalue weighted by Crippen LogP contribution is -2.27. The van der Waals surface area contributed by atoms with Gasteiger partial charge >= 0.3 is 6.09 Å². The Morgan fingerprint density at radius 3 is 2.34 bits per heavy atom. The highest BCUT2D eigenvalue weighted by Gasteiger charge is 2.22. The Morgan fingerprint density at radius 1 is 0.951 bits per heavy atom. The maximum Gasteiger partial charge on any atom is 0.412 e. The van der Waals surface area contributed by atoms with Crippen molar-refractivity contribution in [2.75, 3.05) is 17.7 Å². The fourth-order valence-electron chi connectivity index (χ4n) is 4.18. The molecule has 0 atom stereocenters. The number of halogens is 1. The first-order valence-corrected chi connectivity index (χ1v) is 12.9. The highest BCUT2D eigenvalue weighted by atomic mass is 19.1. The third-order valence-corrected chi connectivity index (χ3v) is 6.01. The number of ketones is 1. The number of carbonyl (C=O) groups excluding carboxylic acids is 3. The van der Waals surface area contributed by atoms with E-state index >= 15 is 0 Å². The molecule has 0 aliphatic heterocycles. The van der Waals surface area contributed by atoms with Gasteiger partial charge in [0.2, 0.25) is 5.91 Å². The number of Topliss-reactive ketones (excluding diaryl/α,β-unsaturated/α-hetero) is 1. The fourth-order valence-corrected chi connectivity index (χ4v) is 4.18. The van der Waals surface area contributed by atoms with E-state index in [0.717, 1.165) is 11.5 Å². The molecule has 41 heavy (non-hydrogen) atoms. The highest BCUT2D eigenvalue weighted by Crippen LogP contribution is 2.39. The number of imidazole rings is 1.